The number of benzene rings is 1. The van der Waals surface area contributed by atoms with Gasteiger partial charge in [-0.1, -0.05) is 18.2 Å². The van der Waals surface area contributed by atoms with Gasteiger partial charge in [-0.25, -0.2) is 4.98 Å². The maximum atomic E-state index is 13.3. The van der Waals surface area contributed by atoms with Crippen LogP contribution < -0.4 is 0 Å². The second kappa shape index (κ2) is 6.07. The number of amides is 1. The second-order valence-corrected chi connectivity index (χ2v) is 6.31. The fraction of sp³-hybridized carbons (Fsp3) is 0.316. The van der Waals surface area contributed by atoms with E-state index in [2.05, 4.69) is 15.0 Å². The molecule has 1 amide bonds. The molecular formula is C19H20N4O. The van der Waals surface area contributed by atoms with Crippen molar-refractivity contribution in [3.63, 3.8) is 0 Å². The second-order valence-electron chi connectivity index (χ2n) is 6.31. The maximum absolute atomic E-state index is 13.3. The number of likely N-dealkylation sites (tertiary alicyclic amines) is 1. The van der Waals surface area contributed by atoms with Gasteiger partial charge >= 0.3 is 0 Å². The highest BCUT2D eigenvalue weighted by atomic mass is 16.2. The molecule has 0 spiro atoms. The number of carbonyl (C=O) groups excluding carboxylic acids is 1. The zero-order valence-corrected chi connectivity index (χ0v) is 13.7. The van der Waals surface area contributed by atoms with Crippen molar-refractivity contribution in [3.05, 3.63) is 59.8 Å². The first-order valence-electron chi connectivity index (χ1n) is 8.40. The molecule has 0 saturated carbocycles. The Kier molecular flexibility index (Phi) is 3.76. The highest BCUT2D eigenvalue weighted by molar-refractivity contribution is 6.06. The number of hydrogen-bond donors (Lipinski definition) is 1. The van der Waals surface area contributed by atoms with Gasteiger partial charge < -0.3 is 9.88 Å². The average Bonchev–Trinajstić information content (AvgIpc) is 3.15. The number of fused-ring (bicyclic) bond motifs is 1. The number of nitrogens with zero attached hydrogens (tertiary/aromatic N) is 3. The number of piperidine rings is 1. The molecule has 122 valence electrons. The summed E-state index contributed by atoms with van der Waals surface area (Å²) in [5.74, 6) is 0.941. The number of pyridine rings is 1. The molecule has 4 rings (SSSR count). The first kappa shape index (κ1) is 14.9. The van der Waals surface area contributed by atoms with Gasteiger partial charge in [0.1, 0.15) is 5.82 Å². The van der Waals surface area contributed by atoms with Crippen LogP contribution in [0.3, 0.4) is 0 Å². The van der Waals surface area contributed by atoms with E-state index in [1.807, 2.05) is 48.4 Å². The molecule has 0 aliphatic carbocycles. The Morgan fingerprint density at radius 1 is 1.29 bits per heavy atom. The number of rotatable bonds is 2. The SMILES string of the molecule is Cc1cc(C(=O)N2CCCC[C@H]2c2ncc[nH]2)c2ccccc2n1. The summed E-state index contributed by atoms with van der Waals surface area (Å²) in [4.78, 5) is 27.4. The number of carbonyl (C=O) groups is 1. The van der Waals surface area contributed by atoms with Crippen LogP contribution in [0.2, 0.25) is 0 Å². The fourth-order valence-electron chi connectivity index (χ4n) is 3.56. The number of aromatic amines is 1. The Labute approximate surface area is 140 Å². The monoisotopic (exact) mass is 320 g/mol. The van der Waals surface area contributed by atoms with Crippen LogP contribution in [0.1, 0.15) is 47.2 Å². The third-order valence-electron chi connectivity index (χ3n) is 4.67. The van der Waals surface area contributed by atoms with Crippen LogP contribution >= 0.6 is 0 Å². The number of nitrogens with one attached hydrogen (secondary N) is 1. The zero-order chi connectivity index (χ0) is 16.5. The van der Waals surface area contributed by atoms with Gasteiger partial charge in [-0.3, -0.25) is 9.78 Å². The molecule has 0 unspecified atom stereocenters. The van der Waals surface area contributed by atoms with Gasteiger partial charge in [0, 0.05) is 30.0 Å². The van der Waals surface area contributed by atoms with E-state index in [4.69, 9.17) is 0 Å². The highest BCUT2D eigenvalue weighted by Gasteiger charge is 2.31. The van der Waals surface area contributed by atoms with Gasteiger partial charge in [0.15, 0.2) is 0 Å². The lowest BCUT2D eigenvalue weighted by atomic mass is 9.99. The summed E-state index contributed by atoms with van der Waals surface area (Å²) >= 11 is 0. The lowest BCUT2D eigenvalue weighted by Crippen LogP contribution is -2.39. The van der Waals surface area contributed by atoms with E-state index in [-0.39, 0.29) is 11.9 Å². The van der Waals surface area contributed by atoms with Crippen LogP contribution in [0.4, 0.5) is 0 Å². The molecular weight excluding hydrogens is 300 g/mol. The van der Waals surface area contributed by atoms with Crippen molar-refractivity contribution in [3.8, 4) is 0 Å². The van der Waals surface area contributed by atoms with Crippen LogP contribution in [-0.2, 0) is 0 Å². The Bertz CT molecular complexity index is 872. The molecule has 1 fully saturated rings. The average molecular weight is 320 g/mol. The molecule has 5 nitrogen and oxygen atoms in total. The van der Waals surface area contributed by atoms with Gasteiger partial charge in [0.2, 0.25) is 0 Å². The van der Waals surface area contributed by atoms with Gasteiger partial charge in [-0.15, -0.1) is 0 Å². The Hall–Kier alpha value is -2.69. The van der Waals surface area contributed by atoms with Crippen molar-refractivity contribution in [1.82, 2.24) is 19.9 Å². The van der Waals surface area contributed by atoms with Crippen LogP contribution in [0, 0.1) is 6.92 Å². The molecule has 1 aliphatic rings. The molecule has 3 aromatic rings. The van der Waals surface area contributed by atoms with Crippen molar-refractivity contribution < 1.29 is 4.79 Å². The van der Waals surface area contributed by atoms with Crippen molar-refractivity contribution in [1.29, 1.82) is 0 Å². The van der Waals surface area contributed by atoms with E-state index >= 15 is 0 Å². The largest absolute Gasteiger partial charge is 0.347 e. The topological polar surface area (TPSA) is 61.9 Å². The van der Waals surface area contributed by atoms with Crippen LogP contribution in [0.5, 0.6) is 0 Å². The molecule has 0 radical (unpaired) electrons. The van der Waals surface area contributed by atoms with E-state index in [0.29, 0.717) is 0 Å². The molecule has 24 heavy (non-hydrogen) atoms. The number of H-pyrrole nitrogens is 1. The van der Waals surface area contributed by atoms with E-state index in [1.54, 1.807) is 6.20 Å². The van der Waals surface area contributed by atoms with Gasteiger partial charge in [-0.05, 0) is 38.3 Å². The lowest BCUT2D eigenvalue weighted by Gasteiger charge is -2.35. The van der Waals surface area contributed by atoms with E-state index < -0.39 is 0 Å². The minimum absolute atomic E-state index is 0.0217. The number of aryl methyl sites for hydroxylation is 1. The van der Waals surface area contributed by atoms with E-state index in [0.717, 1.165) is 53.8 Å². The quantitative estimate of drug-likeness (QED) is 0.784. The molecule has 1 saturated heterocycles. The summed E-state index contributed by atoms with van der Waals surface area (Å²) in [5.41, 5.74) is 2.47. The summed E-state index contributed by atoms with van der Waals surface area (Å²) in [6.07, 6.45) is 6.66. The predicted molar refractivity (Wildman–Crippen MR) is 92.7 cm³/mol. The molecule has 1 aliphatic heterocycles. The number of aromatic nitrogens is 3. The Morgan fingerprint density at radius 2 is 2.17 bits per heavy atom. The number of hydrogen-bond acceptors (Lipinski definition) is 3. The molecule has 2 aromatic heterocycles. The summed E-state index contributed by atoms with van der Waals surface area (Å²) in [6.45, 7) is 2.70. The molecule has 5 heteroatoms. The predicted octanol–water partition coefficient (Wildman–Crippen LogP) is 3.63. The van der Waals surface area contributed by atoms with Crippen molar-refractivity contribution in [2.75, 3.05) is 6.54 Å². The standard InChI is InChI=1S/C19H20N4O/c1-13-12-15(14-6-2-3-7-16(14)22-13)19(24)23-11-5-4-8-17(23)18-20-9-10-21-18/h2-3,6-7,9-10,12,17H,4-5,8,11H2,1H3,(H,20,21)/t17-/m0/s1. The van der Waals surface area contributed by atoms with E-state index in [1.165, 1.54) is 0 Å². The lowest BCUT2D eigenvalue weighted by molar-refractivity contribution is 0.0603. The molecule has 1 aromatic carbocycles. The van der Waals surface area contributed by atoms with Crippen molar-refractivity contribution >= 4 is 16.8 Å². The summed E-state index contributed by atoms with van der Waals surface area (Å²) < 4.78 is 0. The summed E-state index contributed by atoms with van der Waals surface area (Å²) in [5, 5.41) is 0.914. The fourth-order valence-corrected chi connectivity index (χ4v) is 3.56. The summed E-state index contributed by atoms with van der Waals surface area (Å²) in [7, 11) is 0. The van der Waals surface area contributed by atoms with Crippen LogP contribution in [0.25, 0.3) is 10.9 Å². The highest BCUT2D eigenvalue weighted by Crippen LogP contribution is 2.31. The van der Waals surface area contributed by atoms with Gasteiger partial charge in [0.25, 0.3) is 5.91 Å². The van der Waals surface area contributed by atoms with Gasteiger partial charge in [-0.2, -0.15) is 0 Å². The Morgan fingerprint density at radius 3 is 3.00 bits per heavy atom. The minimum atomic E-state index is 0.0217. The van der Waals surface area contributed by atoms with Crippen LogP contribution in [-0.4, -0.2) is 32.3 Å². The zero-order valence-electron chi connectivity index (χ0n) is 13.7. The van der Waals surface area contributed by atoms with Gasteiger partial charge in [0.05, 0.1) is 17.1 Å². The number of para-hydroxylation sites is 1. The molecule has 1 N–H and O–H groups in total. The van der Waals surface area contributed by atoms with Crippen molar-refractivity contribution in [2.45, 2.75) is 32.2 Å². The smallest absolute Gasteiger partial charge is 0.255 e. The molecule has 1 atom stereocenters. The van der Waals surface area contributed by atoms with Crippen LogP contribution in [0.15, 0.2) is 42.7 Å². The number of imidazole rings is 1. The maximum Gasteiger partial charge on any atom is 0.255 e. The Balaban J connectivity index is 1.77. The van der Waals surface area contributed by atoms with Crippen molar-refractivity contribution in [2.24, 2.45) is 0 Å². The minimum Gasteiger partial charge on any atom is -0.347 e. The summed E-state index contributed by atoms with van der Waals surface area (Å²) in [6, 6.07) is 9.76. The molecule has 3 heterocycles. The third kappa shape index (κ3) is 2.56. The first-order chi connectivity index (χ1) is 11.7. The third-order valence-corrected chi connectivity index (χ3v) is 4.67. The van der Waals surface area contributed by atoms with E-state index in [9.17, 15) is 4.79 Å². The molecule has 0 bridgehead atoms. The first-order valence-corrected chi connectivity index (χ1v) is 8.40. The normalized spacial score (nSPS) is 18.0.